The number of rotatable bonds is 3. The molecule has 0 fully saturated rings. The average molecular weight is 164 g/mol. The van der Waals surface area contributed by atoms with Crippen LogP contribution in [0.1, 0.15) is 13.3 Å². The van der Waals surface area contributed by atoms with Crippen molar-refractivity contribution in [1.29, 1.82) is 0 Å². The molecule has 0 aromatic heterocycles. The minimum atomic E-state index is -1.93. The maximum absolute atomic E-state index is 10.2. The van der Waals surface area contributed by atoms with Crippen molar-refractivity contribution in [2.24, 2.45) is 0 Å². The summed E-state index contributed by atoms with van der Waals surface area (Å²) in [4.78, 5) is 20.5. The van der Waals surface area contributed by atoms with Crippen molar-refractivity contribution in [3.05, 3.63) is 0 Å². The molecule has 0 radical (unpaired) electrons. The summed E-state index contributed by atoms with van der Waals surface area (Å²) in [5.41, 5.74) is 0. The average Bonchev–Trinajstić information content (AvgIpc) is 1.85. The van der Waals surface area contributed by atoms with Crippen molar-refractivity contribution in [2.45, 2.75) is 18.1 Å². The lowest BCUT2D eigenvalue weighted by molar-refractivity contribution is -0.151. The van der Waals surface area contributed by atoms with E-state index in [1.807, 2.05) is 0 Å². The summed E-state index contributed by atoms with van der Waals surface area (Å²) in [7, 11) is 0. The number of hydrogen-bond acceptors (Lipinski definition) is 3. The Morgan fingerprint density at radius 1 is 1.40 bits per heavy atom. The molecule has 0 saturated carbocycles. The smallest absolute Gasteiger partial charge is 0.331 e. The first-order valence-corrected chi connectivity index (χ1v) is 3.09. The third-order valence-corrected chi connectivity index (χ3v) is 1.92. The van der Waals surface area contributed by atoms with E-state index in [0.29, 0.717) is 0 Å². The second kappa shape index (κ2) is 2.92. The molecule has 5 heteroatoms. The summed E-state index contributed by atoms with van der Waals surface area (Å²) < 4.78 is -1.93. The van der Waals surface area contributed by atoms with Crippen molar-refractivity contribution >= 4 is 24.6 Å². The minimum absolute atomic E-state index is 0.0409. The first-order chi connectivity index (χ1) is 4.45. The van der Waals surface area contributed by atoms with Crippen LogP contribution >= 0.6 is 12.6 Å². The van der Waals surface area contributed by atoms with Crippen LogP contribution in [0.15, 0.2) is 0 Å². The second-order valence-electron chi connectivity index (χ2n) is 1.82. The van der Waals surface area contributed by atoms with Gasteiger partial charge in [0.15, 0.2) is 0 Å². The predicted octanol–water partition coefficient (Wildman–Crippen LogP) is 0.234. The van der Waals surface area contributed by atoms with Gasteiger partial charge in [-0.1, -0.05) is 6.92 Å². The lowest BCUT2D eigenvalue weighted by atomic mass is 10.1. The summed E-state index contributed by atoms with van der Waals surface area (Å²) in [6, 6.07) is 0. The van der Waals surface area contributed by atoms with Crippen LogP contribution in [0.5, 0.6) is 0 Å². The fraction of sp³-hybridized carbons (Fsp3) is 0.600. The Bertz CT molecular complexity index is 151. The van der Waals surface area contributed by atoms with Crippen molar-refractivity contribution < 1.29 is 19.8 Å². The van der Waals surface area contributed by atoms with Crippen LogP contribution in [0.25, 0.3) is 0 Å². The highest BCUT2D eigenvalue weighted by Crippen LogP contribution is 2.19. The molecule has 0 aromatic rings. The third kappa shape index (κ3) is 1.41. The summed E-state index contributed by atoms with van der Waals surface area (Å²) in [5.74, 6) is -2.85. The molecule has 4 nitrogen and oxygen atoms in total. The van der Waals surface area contributed by atoms with Crippen LogP contribution in [-0.4, -0.2) is 26.9 Å². The Kier molecular flexibility index (Phi) is 2.71. The van der Waals surface area contributed by atoms with E-state index in [0.717, 1.165) is 0 Å². The zero-order valence-corrected chi connectivity index (χ0v) is 6.26. The van der Waals surface area contributed by atoms with Crippen LogP contribution in [0, 0.1) is 0 Å². The fourth-order valence-corrected chi connectivity index (χ4v) is 0.394. The lowest BCUT2D eigenvalue weighted by Gasteiger charge is -2.14. The van der Waals surface area contributed by atoms with E-state index in [2.05, 4.69) is 12.6 Å². The second-order valence-corrected chi connectivity index (χ2v) is 2.59. The maximum atomic E-state index is 10.2. The van der Waals surface area contributed by atoms with Crippen LogP contribution in [0.2, 0.25) is 0 Å². The fourth-order valence-electron chi connectivity index (χ4n) is 0.394. The van der Waals surface area contributed by atoms with E-state index < -0.39 is 16.7 Å². The standard InChI is InChI=1S/C5H8O4S/c1-2-5(10,3(6)7)4(8)9/h10H,2H2,1H3,(H,6,7)(H,8,9). The van der Waals surface area contributed by atoms with E-state index in [9.17, 15) is 9.59 Å². The van der Waals surface area contributed by atoms with Gasteiger partial charge < -0.3 is 10.2 Å². The largest absolute Gasteiger partial charge is 0.480 e. The Balaban J connectivity index is 4.55. The number of aliphatic carboxylic acids is 2. The van der Waals surface area contributed by atoms with E-state index in [4.69, 9.17) is 10.2 Å². The third-order valence-electron chi connectivity index (χ3n) is 1.22. The van der Waals surface area contributed by atoms with Gasteiger partial charge in [0, 0.05) is 0 Å². The Morgan fingerprint density at radius 3 is 1.70 bits per heavy atom. The van der Waals surface area contributed by atoms with E-state index in [1.54, 1.807) is 0 Å². The summed E-state index contributed by atoms with van der Waals surface area (Å²) >= 11 is 3.51. The molecule has 0 saturated heterocycles. The number of thiol groups is 1. The highest BCUT2D eigenvalue weighted by atomic mass is 32.1. The van der Waals surface area contributed by atoms with Gasteiger partial charge >= 0.3 is 11.9 Å². The molecular formula is C5H8O4S. The molecular weight excluding hydrogens is 156 g/mol. The summed E-state index contributed by atoms with van der Waals surface area (Å²) in [6.07, 6.45) is -0.0409. The Labute approximate surface area is 63.3 Å². The van der Waals surface area contributed by atoms with Gasteiger partial charge in [-0.3, -0.25) is 9.59 Å². The number of hydrogen-bond donors (Lipinski definition) is 3. The SMILES string of the molecule is CCC(S)(C(=O)O)C(=O)O. The molecule has 0 aliphatic rings. The van der Waals surface area contributed by atoms with Gasteiger partial charge in [-0.05, 0) is 6.42 Å². The molecule has 0 aliphatic heterocycles. The quantitative estimate of drug-likeness (QED) is 0.412. The van der Waals surface area contributed by atoms with Gasteiger partial charge in [-0.2, -0.15) is 0 Å². The number of carboxylic acids is 2. The summed E-state index contributed by atoms with van der Waals surface area (Å²) in [6.45, 7) is 1.45. The molecule has 0 aromatic carbocycles. The maximum Gasteiger partial charge on any atom is 0.331 e. The molecule has 0 atom stereocenters. The van der Waals surface area contributed by atoms with E-state index in [1.165, 1.54) is 6.92 Å². The van der Waals surface area contributed by atoms with Crippen molar-refractivity contribution in [3.63, 3.8) is 0 Å². The van der Waals surface area contributed by atoms with Crippen LogP contribution in [-0.2, 0) is 9.59 Å². The van der Waals surface area contributed by atoms with E-state index in [-0.39, 0.29) is 6.42 Å². The van der Waals surface area contributed by atoms with E-state index >= 15 is 0 Å². The zero-order chi connectivity index (χ0) is 8.36. The van der Waals surface area contributed by atoms with Gasteiger partial charge in [0.1, 0.15) is 0 Å². The van der Waals surface area contributed by atoms with Crippen molar-refractivity contribution in [3.8, 4) is 0 Å². The minimum Gasteiger partial charge on any atom is -0.480 e. The van der Waals surface area contributed by atoms with Crippen LogP contribution in [0.3, 0.4) is 0 Å². The molecule has 0 spiro atoms. The molecule has 10 heavy (non-hydrogen) atoms. The van der Waals surface area contributed by atoms with Gasteiger partial charge in [0.25, 0.3) is 0 Å². The Morgan fingerprint density at radius 2 is 1.70 bits per heavy atom. The highest BCUT2D eigenvalue weighted by molar-refractivity contribution is 7.83. The van der Waals surface area contributed by atoms with Gasteiger partial charge in [0.2, 0.25) is 4.75 Å². The molecule has 0 amide bonds. The Hall–Kier alpha value is -0.710. The molecule has 58 valence electrons. The van der Waals surface area contributed by atoms with Gasteiger partial charge in [-0.15, -0.1) is 12.6 Å². The van der Waals surface area contributed by atoms with Crippen molar-refractivity contribution in [1.82, 2.24) is 0 Å². The first kappa shape index (κ1) is 9.29. The topological polar surface area (TPSA) is 74.6 Å². The number of carbonyl (C=O) groups is 2. The van der Waals surface area contributed by atoms with Crippen LogP contribution in [0.4, 0.5) is 0 Å². The van der Waals surface area contributed by atoms with Gasteiger partial charge in [-0.25, -0.2) is 0 Å². The summed E-state index contributed by atoms with van der Waals surface area (Å²) in [5, 5.41) is 16.7. The molecule has 0 unspecified atom stereocenters. The zero-order valence-electron chi connectivity index (χ0n) is 5.37. The van der Waals surface area contributed by atoms with Gasteiger partial charge in [0.05, 0.1) is 0 Å². The number of carboxylic acid groups (broad SMARTS) is 2. The highest BCUT2D eigenvalue weighted by Gasteiger charge is 2.40. The molecule has 0 bridgehead atoms. The normalized spacial score (nSPS) is 11.0. The first-order valence-electron chi connectivity index (χ1n) is 2.64. The van der Waals surface area contributed by atoms with Crippen molar-refractivity contribution in [2.75, 3.05) is 0 Å². The molecule has 0 heterocycles. The molecule has 0 rings (SSSR count). The van der Waals surface area contributed by atoms with Crippen LogP contribution < -0.4 is 0 Å². The predicted molar refractivity (Wildman–Crippen MR) is 37.3 cm³/mol. The lowest BCUT2D eigenvalue weighted by Crippen LogP contribution is -2.40. The molecule has 0 aliphatic carbocycles. The monoisotopic (exact) mass is 164 g/mol. The molecule has 2 N–H and O–H groups in total.